The van der Waals surface area contributed by atoms with E-state index < -0.39 is 0 Å². The molecule has 3 heteroatoms. The number of pyridine rings is 1. The van der Waals surface area contributed by atoms with Crippen molar-refractivity contribution >= 4 is 16.7 Å². The maximum absolute atomic E-state index is 11.7. The summed E-state index contributed by atoms with van der Waals surface area (Å²) in [6.07, 6.45) is 5.60. The summed E-state index contributed by atoms with van der Waals surface area (Å²) in [5.41, 5.74) is 4.90. The molecule has 0 spiro atoms. The molecule has 25 heavy (non-hydrogen) atoms. The Morgan fingerprint density at radius 1 is 1.00 bits per heavy atom. The second-order valence-corrected chi connectivity index (χ2v) is 6.21. The van der Waals surface area contributed by atoms with Crippen LogP contribution in [-0.4, -0.2) is 17.6 Å². The zero-order valence-corrected chi connectivity index (χ0v) is 14.8. The summed E-state index contributed by atoms with van der Waals surface area (Å²) in [7, 11) is 0. The third kappa shape index (κ3) is 4.05. The molecule has 0 unspecified atom stereocenters. The minimum atomic E-state index is -0.147. The zero-order valence-electron chi connectivity index (χ0n) is 14.8. The van der Waals surface area contributed by atoms with E-state index in [9.17, 15) is 4.79 Å². The number of aromatic nitrogens is 1. The van der Waals surface area contributed by atoms with Crippen LogP contribution in [0.1, 0.15) is 35.6 Å². The average Bonchev–Trinajstić information content (AvgIpc) is 2.64. The van der Waals surface area contributed by atoms with Gasteiger partial charge in [-0.15, -0.1) is 0 Å². The molecule has 3 nitrogen and oxygen atoms in total. The number of aryl methyl sites for hydroxylation is 2. The number of benzene rings is 2. The quantitative estimate of drug-likeness (QED) is 0.617. The lowest BCUT2D eigenvalue weighted by Gasteiger charge is -2.12. The number of nitrogens with zero attached hydrogens (tertiary/aromatic N) is 1. The molecule has 1 aromatic heterocycles. The Morgan fingerprint density at radius 3 is 2.60 bits per heavy atom. The van der Waals surface area contributed by atoms with E-state index in [1.807, 2.05) is 19.2 Å². The van der Waals surface area contributed by atoms with Crippen LogP contribution in [0.15, 0.2) is 54.9 Å². The number of hydrogen-bond donors (Lipinski definition) is 0. The first kappa shape index (κ1) is 17.2. The Bertz CT molecular complexity index is 886. The van der Waals surface area contributed by atoms with Crippen molar-refractivity contribution in [3.8, 4) is 0 Å². The van der Waals surface area contributed by atoms with Crippen molar-refractivity contribution in [3.05, 3.63) is 77.1 Å². The Hall–Kier alpha value is -2.68. The summed E-state index contributed by atoms with van der Waals surface area (Å²) in [6.45, 7) is 4.40. The number of esters is 1. The molecule has 0 saturated heterocycles. The molecular weight excluding hydrogens is 310 g/mol. The van der Waals surface area contributed by atoms with Gasteiger partial charge < -0.3 is 4.74 Å². The van der Waals surface area contributed by atoms with E-state index in [1.54, 1.807) is 6.20 Å². The van der Waals surface area contributed by atoms with E-state index in [0.717, 1.165) is 12.0 Å². The third-order valence-corrected chi connectivity index (χ3v) is 4.52. The monoisotopic (exact) mass is 333 g/mol. The molecule has 0 aliphatic carbocycles. The van der Waals surface area contributed by atoms with Gasteiger partial charge in [-0.3, -0.25) is 9.78 Å². The molecule has 0 saturated carbocycles. The van der Waals surface area contributed by atoms with E-state index in [-0.39, 0.29) is 5.97 Å². The normalized spacial score (nSPS) is 10.8. The molecule has 0 atom stereocenters. The number of ether oxygens (including phenoxy) is 1. The number of carbonyl (C=O) groups is 1. The highest BCUT2D eigenvalue weighted by Gasteiger charge is 2.10. The molecule has 3 rings (SSSR count). The van der Waals surface area contributed by atoms with Gasteiger partial charge in [-0.1, -0.05) is 36.4 Å². The van der Waals surface area contributed by atoms with E-state index >= 15 is 0 Å². The first-order valence-corrected chi connectivity index (χ1v) is 8.73. The molecule has 0 aliphatic rings. The number of fused-ring (bicyclic) bond motifs is 1. The number of rotatable bonds is 6. The van der Waals surface area contributed by atoms with Gasteiger partial charge in [0.2, 0.25) is 0 Å². The molecule has 128 valence electrons. The molecule has 0 N–H and O–H groups in total. The van der Waals surface area contributed by atoms with Gasteiger partial charge in [0.15, 0.2) is 0 Å². The fraction of sp³-hybridized carbons (Fsp3) is 0.273. The van der Waals surface area contributed by atoms with Gasteiger partial charge in [0.1, 0.15) is 0 Å². The first-order chi connectivity index (χ1) is 12.2. The van der Waals surface area contributed by atoms with Gasteiger partial charge in [0, 0.05) is 18.8 Å². The van der Waals surface area contributed by atoms with E-state index in [1.165, 1.54) is 27.5 Å². The highest BCUT2D eigenvalue weighted by molar-refractivity contribution is 5.88. The lowest BCUT2D eigenvalue weighted by atomic mass is 9.94. The topological polar surface area (TPSA) is 39.2 Å². The molecule has 1 heterocycles. The Morgan fingerprint density at radius 2 is 1.80 bits per heavy atom. The van der Waals surface area contributed by atoms with Crippen molar-refractivity contribution in [2.75, 3.05) is 6.61 Å². The van der Waals surface area contributed by atoms with Crippen molar-refractivity contribution in [2.24, 2.45) is 0 Å². The van der Waals surface area contributed by atoms with Crippen molar-refractivity contribution in [3.63, 3.8) is 0 Å². The van der Waals surface area contributed by atoms with Crippen molar-refractivity contribution < 1.29 is 9.53 Å². The van der Waals surface area contributed by atoms with Gasteiger partial charge in [0.05, 0.1) is 6.61 Å². The second-order valence-electron chi connectivity index (χ2n) is 6.21. The summed E-state index contributed by atoms with van der Waals surface area (Å²) in [6, 6.07) is 14.9. The molecule has 0 bridgehead atoms. The molecule has 0 aliphatic heterocycles. The Labute approximate surface area is 148 Å². The summed E-state index contributed by atoms with van der Waals surface area (Å²) < 4.78 is 5.04. The van der Waals surface area contributed by atoms with Crippen LogP contribution in [0.3, 0.4) is 0 Å². The summed E-state index contributed by atoms with van der Waals surface area (Å²) in [4.78, 5) is 15.9. The predicted octanol–water partition coefficient (Wildman–Crippen LogP) is 4.63. The van der Waals surface area contributed by atoms with Crippen LogP contribution >= 0.6 is 0 Å². The van der Waals surface area contributed by atoms with E-state index in [4.69, 9.17) is 4.74 Å². The standard InChI is InChI=1S/C22H23NO2/c1-3-25-22(24)11-10-17-12-13-23-15-19(17)14-18-9-8-16(2)20-6-4-5-7-21(18)20/h4-9,12-13,15H,3,10-11,14H2,1-2H3. The largest absolute Gasteiger partial charge is 0.466 e. The minimum absolute atomic E-state index is 0.147. The van der Waals surface area contributed by atoms with Crippen molar-refractivity contribution in [1.82, 2.24) is 4.98 Å². The Kier molecular flexibility index (Phi) is 5.44. The first-order valence-electron chi connectivity index (χ1n) is 8.73. The van der Waals surface area contributed by atoms with Crippen LogP contribution in [-0.2, 0) is 22.4 Å². The zero-order chi connectivity index (χ0) is 17.6. The van der Waals surface area contributed by atoms with E-state index in [0.29, 0.717) is 19.4 Å². The van der Waals surface area contributed by atoms with Crippen molar-refractivity contribution in [1.29, 1.82) is 0 Å². The molecule has 0 radical (unpaired) electrons. The highest BCUT2D eigenvalue weighted by atomic mass is 16.5. The summed E-state index contributed by atoms with van der Waals surface area (Å²) in [5.74, 6) is -0.147. The SMILES string of the molecule is CCOC(=O)CCc1ccncc1Cc1ccc(C)c2ccccc12. The van der Waals surface area contributed by atoms with Crippen LogP contribution in [0.25, 0.3) is 10.8 Å². The third-order valence-electron chi connectivity index (χ3n) is 4.52. The lowest BCUT2D eigenvalue weighted by Crippen LogP contribution is -2.06. The van der Waals surface area contributed by atoms with Gasteiger partial charge >= 0.3 is 5.97 Å². The van der Waals surface area contributed by atoms with Crippen LogP contribution in [0, 0.1) is 6.92 Å². The van der Waals surface area contributed by atoms with Crippen LogP contribution in [0.2, 0.25) is 0 Å². The van der Waals surface area contributed by atoms with Gasteiger partial charge in [-0.25, -0.2) is 0 Å². The maximum Gasteiger partial charge on any atom is 0.306 e. The second kappa shape index (κ2) is 7.93. The number of carbonyl (C=O) groups excluding carboxylic acids is 1. The van der Waals surface area contributed by atoms with Crippen molar-refractivity contribution in [2.45, 2.75) is 33.1 Å². The Balaban J connectivity index is 1.87. The average molecular weight is 333 g/mol. The molecular formula is C22H23NO2. The molecule has 0 amide bonds. The van der Waals surface area contributed by atoms with Crippen LogP contribution in [0.5, 0.6) is 0 Å². The van der Waals surface area contributed by atoms with Gasteiger partial charge in [-0.05, 0) is 65.8 Å². The molecule has 0 fully saturated rings. The van der Waals surface area contributed by atoms with Gasteiger partial charge in [0.25, 0.3) is 0 Å². The van der Waals surface area contributed by atoms with Crippen LogP contribution < -0.4 is 0 Å². The fourth-order valence-electron chi connectivity index (χ4n) is 3.20. The predicted molar refractivity (Wildman–Crippen MR) is 101 cm³/mol. The maximum atomic E-state index is 11.7. The minimum Gasteiger partial charge on any atom is -0.466 e. The molecule has 2 aromatic carbocycles. The van der Waals surface area contributed by atoms with E-state index in [2.05, 4.69) is 48.3 Å². The summed E-state index contributed by atoms with van der Waals surface area (Å²) in [5, 5.41) is 2.57. The lowest BCUT2D eigenvalue weighted by molar-refractivity contribution is -0.143. The van der Waals surface area contributed by atoms with Gasteiger partial charge in [-0.2, -0.15) is 0 Å². The summed E-state index contributed by atoms with van der Waals surface area (Å²) >= 11 is 0. The van der Waals surface area contributed by atoms with Crippen LogP contribution in [0.4, 0.5) is 0 Å². The highest BCUT2D eigenvalue weighted by Crippen LogP contribution is 2.25. The molecule has 3 aromatic rings. The number of hydrogen-bond acceptors (Lipinski definition) is 3. The fourth-order valence-corrected chi connectivity index (χ4v) is 3.20. The smallest absolute Gasteiger partial charge is 0.306 e.